The van der Waals surface area contributed by atoms with Gasteiger partial charge in [-0.3, -0.25) is 14.9 Å². The normalized spacial score (nSPS) is 10.6. The molecule has 0 aliphatic heterocycles. The summed E-state index contributed by atoms with van der Waals surface area (Å²) in [6.07, 6.45) is 0.414. The number of carbonyl (C=O) groups excluding carboxylic acids is 2. The maximum absolute atomic E-state index is 11.7. The maximum Gasteiger partial charge on any atom is 0.407 e. The molecule has 0 fully saturated rings. The van der Waals surface area contributed by atoms with Crippen molar-refractivity contribution in [2.75, 3.05) is 5.32 Å². The molecule has 0 aliphatic rings. The third-order valence-corrected chi connectivity index (χ3v) is 2.56. The molecule has 0 atom stereocenters. The Morgan fingerprint density at radius 3 is 2.57 bits per heavy atom. The molecule has 2 amide bonds. The van der Waals surface area contributed by atoms with Gasteiger partial charge in [0.2, 0.25) is 5.91 Å². The van der Waals surface area contributed by atoms with Gasteiger partial charge < -0.3 is 15.4 Å². The highest BCUT2D eigenvalue weighted by Crippen LogP contribution is 2.22. The molecule has 0 spiro atoms. The summed E-state index contributed by atoms with van der Waals surface area (Å²) in [7, 11) is 0. The zero-order chi connectivity index (χ0) is 17.6. The van der Waals surface area contributed by atoms with E-state index >= 15 is 0 Å². The number of hydrogen-bond acceptors (Lipinski definition) is 5. The van der Waals surface area contributed by atoms with E-state index < -0.39 is 22.5 Å². The van der Waals surface area contributed by atoms with E-state index in [-0.39, 0.29) is 12.2 Å². The van der Waals surface area contributed by atoms with Crippen LogP contribution in [-0.4, -0.2) is 22.5 Å². The van der Waals surface area contributed by atoms with E-state index in [1.807, 2.05) is 0 Å². The van der Waals surface area contributed by atoms with Gasteiger partial charge in [-0.2, -0.15) is 0 Å². The Morgan fingerprint density at radius 1 is 1.39 bits per heavy atom. The molecule has 0 heterocycles. The number of anilines is 1. The molecule has 124 valence electrons. The van der Waals surface area contributed by atoms with E-state index in [1.165, 1.54) is 18.2 Å². The number of hydrogen-bond donors (Lipinski definition) is 2. The fraction of sp³-hybridized carbons (Fsp3) is 0.333. The summed E-state index contributed by atoms with van der Waals surface area (Å²) in [5, 5.41) is 15.9. The van der Waals surface area contributed by atoms with Gasteiger partial charge in [-0.15, -0.1) is 0 Å². The highest BCUT2D eigenvalue weighted by molar-refractivity contribution is 5.99. The van der Waals surface area contributed by atoms with Gasteiger partial charge in [0.05, 0.1) is 4.92 Å². The summed E-state index contributed by atoms with van der Waals surface area (Å²) >= 11 is 0. The fourth-order valence-corrected chi connectivity index (χ4v) is 1.63. The first-order valence-corrected chi connectivity index (χ1v) is 6.80. The van der Waals surface area contributed by atoms with E-state index in [9.17, 15) is 19.7 Å². The molecule has 2 N–H and O–H groups in total. The predicted octanol–water partition coefficient (Wildman–Crippen LogP) is 2.74. The topological polar surface area (TPSA) is 111 Å². The molecule has 0 unspecified atom stereocenters. The summed E-state index contributed by atoms with van der Waals surface area (Å²) < 4.78 is 5.09. The van der Waals surface area contributed by atoms with Crippen LogP contribution in [0.5, 0.6) is 0 Å². The van der Waals surface area contributed by atoms with Crippen LogP contribution in [0.4, 0.5) is 16.2 Å². The van der Waals surface area contributed by atoms with Gasteiger partial charge in [0, 0.05) is 29.9 Å². The number of nitrogens with one attached hydrogen (secondary N) is 2. The molecule has 1 aromatic rings. The molecule has 0 radical (unpaired) electrons. The third kappa shape index (κ3) is 6.16. The molecule has 23 heavy (non-hydrogen) atoms. The highest BCUT2D eigenvalue weighted by Gasteiger charge is 2.17. The maximum atomic E-state index is 11.7. The van der Waals surface area contributed by atoms with E-state index in [2.05, 4.69) is 17.2 Å². The minimum absolute atomic E-state index is 0.0383. The summed E-state index contributed by atoms with van der Waals surface area (Å²) in [5.74, 6) is -0.461. The van der Waals surface area contributed by atoms with E-state index in [0.29, 0.717) is 11.3 Å². The zero-order valence-electron chi connectivity index (χ0n) is 13.2. The zero-order valence-corrected chi connectivity index (χ0v) is 13.2. The molecule has 0 aromatic heterocycles. The van der Waals surface area contributed by atoms with Crippen LogP contribution >= 0.6 is 0 Å². The lowest BCUT2D eigenvalue weighted by molar-refractivity contribution is -0.384. The van der Waals surface area contributed by atoms with Crippen LogP contribution in [0.1, 0.15) is 26.3 Å². The standard InChI is InChI=1S/C15H19N3O5/c1-5-13(19)17-12-7-6-11(18(21)22)8-10(12)9-16-14(20)23-15(2,3)4/h5-8H,1,9H2,2-4H3,(H,16,20)(H,17,19). The third-order valence-electron chi connectivity index (χ3n) is 2.56. The van der Waals surface area contributed by atoms with Crippen LogP contribution in [0.2, 0.25) is 0 Å². The van der Waals surface area contributed by atoms with Crippen molar-refractivity contribution in [3.8, 4) is 0 Å². The van der Waals surface area contributed by atoms with Gasteiger partial charge in [-0.25, -0.2) is 4.79 Å². The number of non-ortho nitro benzene ring substituents is 1. The fourth-order valence-electron chi connectivity index (χ4n) is 1.63. The van der Waals surface area contributed by atoms with Gasteiger partial charge in [0.25, 0.3) is 5.69 Å². The molecule has 8 nitrogen and oxygen atoms in total. The molecule has 8 heteroatoms. The number of nitro groups is 1. The van der Waals surface area contributed by atoms with Crippen molar-refractivity contribution >= 4 is 23.4 Å². The molecule has 1 aromatic carbocycles. The Labute approximate surface area is 133 Å². The summed E-state index contributed by atoms with van der Waals surface area (Å²) in [6, 6.07) is 3.93. The predicted molar refractivity (Wildman–Crippen MR) is 85.0 cm³/mol. The monoisotopic (exact) mass is 321 g/mol. The summed E-state index contributed by atoms with van der Waals surface area (Å²) in [5.41, 5.74) is -0.0912. The molecule has 0 aliphatic carbocycles. The number of benzene rings is 1. The minimum atomic E-state index is -0.662. The number of rotatable bonds is 5. The number of carbonyl (C=O) groups is 2. The van der Waals surface area contributed by atoms with Crippen LogP contribution in [0.15, 0.2) is 30.9 Å². The average Bonchev–Trinajstić information content (AvgIpc) is 2.43. The van der Waals surface area contributed by atoms with Crippen molar-refractivity contribution < 1.29 is 19.2 Å². The lowest BCUT2D eigenvalue weighted by Crippen LogP contribution is -2.32. The quantitative estimate of drug-likeness (QED) is 0.492. The van der Waals surface area contributed by atoms with Gasteiger partial charge >= 0.3 is 6.09 Å². The van der Waals surface area contributed by atoms with Crippen LogP contribution in [0, 0.1) is 10.1 Å². The highest BCUT2D eigenvalue weighted by atomic mass is 16.6. The smallest absolute Gasteiger partial charge is 0.407 e. The van der Waals surface area contributed by atoms with Crippen LogP contribution in [-0.2, 0) is 16.1 Å². The second-order valence-electron chi connectivity index (χ2n) is 5.65. The number of ether oxygens (including phenoxy) is 1. The first-order chi connectivity index (χ1) is 10.6. The second kappa shape index (κ2) is 7.39. The van der Waals surface area contributed by atoms with Gasteiger partial charge in [-0.05, 0) is 32.9 Å². The first-order valence-electron chi connectivity index (χ1n) is 6.80. The van der Waals surface area contributed by atoms with Crippen molar-refractivity contribution in [3.05, 3.63) is 46.5 Å². The summed E-state index contributed by atoms with van der Waals surface area (Å²) in [4.78, 5) is 33.4. The van der Waals surface area contributed by atoms with Gasteiger partial charge in [-0.1, -0.05) is 6.58 Å². The number of nitrogens with zero attached hydrogens (tertiary/aromatic N) is 1. The van der Waals surface area contributed by atoms with Crippen molar-refractivity contribution in [1.82, 2.24) is 5.32 Å². The van der Waals surface area contributed by atoms with Gasteiger partial charge in [0.1, 0.15) is 5.60 Å². The summed E-state index contributed by atoms with van der Waals surface area (Å²) in [6.45, 7) is 8.45. The molecular formula is C15H19N3O5. The van der Waals surface area contributed by atoms with E-state index in [0.717, 1.165) is 6.08 Å². The van der Waals surface area contributed by atoms with Crippen LogP contribution in [0.3, 0.4) is 0 Å². The number of amides is 2. The molecule has 0 saturated carbocycles. The Morgan fingerprint density at radius 2 is 2.04 bits per heavy atom. The Kier molecular flexibility index (Phi) is 5.83. The molecule has 0 bridgehead atoms. The van der Waals surface area contributed by atoms with Crippen molar-refractivity contribution in [2.45, 2.75) is 32.9 Å². The number of nitro benzene ring substituents is 1. The van der Waals surface area contributed by atoms with E-state index in [1.54, 1.807) is 20.8 Å². The van der Waals surface area contributed by atoms with Gasteiger partial charge in [0.15, 0.2) is 0 Å². The Bertz CT molecular complexity index is 634. The average molecular weight is 321 g/mol. The Balaban J connectivity index is 2.94. The first kappa shape index (κ1) is 18.1. The largest absolute Gasteiger partial charge is 0.444 e. The molecule has 1 rings (SSSR count). The van der Waals surface area contributed by atoms with Crippen molar-refractivity contribution in [2.24, 2.45) is 0 Å². The molecular weight excluding hydrogens is 302 g/mol. The Hall–Kier alpha value is -2.90. The lowest BCUT2D eigenvalue weighted by Gasteiger charge is -2.20. The molecule has 0 saturated heterocycles. The van der Waals surface area contributed by atoms with E-state index in [4.69, 9.17) is 4.74 Å². The minimum Gasteiger partial charge on any atom is -0.444 e. The van der Waals surface area contributed by atoms with Crippen molar-refractivity contribution in [3.63, 3.8) is 0 Å². The SMILES string of the molecule is C=CC(=O)Nc1ccc([N+](=O)[O-])cc1CNC(=O)OC(C)(C)C. The number of alkyl carbamates (subject to hydrolysis) is 1. The van der Waals surface area contributed by atoms with Crippen molar-refractivity contribution in [1.29, 1.82) is 0 Å². The van der Waals surface area contributed by atoms with Crippen LogP contribution in [0.25, 0.3) is 0 Å². The van der Waals surface area contributed by atoms with Crippen LogP contribution < -0.4 is 10.6 Å². The lowest BCUT2D eigenvalue weighted by atomic mass is 10.1. The second-order valence-corrected chi connectivity index (χ2v) is 5.65.